The predicted molar refractivity (Wildman–Crippen MR) is 80.4 cm³/mol. The molecule has 4 rings (SSSR count). The highest BCUT2D eigenvalue weighted by Gasteiger charge is 2.29. The lowest BCUT2D eigenvalue weighted by molar-refractivity contribution is 0.386. The van der Waals surface area contributed by atoms with Crippen molar-refractivity contribution in [1.82, 2.24) is 19.7 Å². The van der Waals surface area contributed by atoms with Crippen LogP contribution < -0.4 is 0 Å². The van der Waals surface area contributed by atoms with Gasteiger partial charge in [-0.2, -0.15) is 0 Å². The minimum absolute atomic E-state index is 0.280. The van der Waals surface area contributed by atoms with Gasteiger partial charge >= 0.3 is 0 Å². The summed E-state index contributed by atoms with van der Waals surface area (Å²) in [4.78, 5) is 8.48. The Balaban J connectivity index is 1.94. The maximum Gasteiger partial charge on any atom is 0.145 e. The van der Waals surface area contributed by atoms with Crippen LogP contribution >= 0.6 is 11.6 Å². The maximum absolute atomic E-state index is 6.29. The van der Waals surface area contributed by atoms with Crippen LogP contribution in [0.15, 0.2) is 23.1 Å². The Morgan fingerprint density at radius 1 is 1.33 bits per heavy atom. The van der Waals surface area contributed by atoms with E-state index < -0.39 is 0 Å². The van der Waals surface area contributed by atoms with Gasteiger partial charge in [-0.15, -0.1) is 0 Å². The summed E-state index contributed by atoms with van der Waals surface area (Å²) in [6, 6.07) is 2.29. The van der Waals surface area contributed by atoms with Crippen LogP contribution in [-0.4, -0.2) is 19.7 Å². The predicted octanol–water partition coefficient (Wildman–Crippen LogP) is 4.20. The monoisotopic (exact) mass is 302 g/mol. The standard InChI is InChI=1S/C15H15ClN4O/c1-8(2)20-6-10(13-14(16)17-7-18-15(13)20)11-5-12(21-19-11)9-3-4-9/h5-9H,3-4H2,1-2H3. The molecule has 5 nitrogen and oxygen atoms in total. The van der Waals surface area contributed by atoms with Gasteiger partial charge < -0.3 is 9.09 Å². The normalized spacial score (nSPS) is 15.2. The summed E-state index contributed by atoms with van der Waals surface area (Å²) in [5.41, 5.74) is 2.56. The van der Waals surface area contributed by atoms with Crippen molar-refractivity contribution in [3.05, 3.63) is 29.5 Å². The third-order valence-corrected chi connectivity index (χ3v) is 4.19. The molecule has 3 aromatic heterocycles. The molecule has 3 heterocycles. The Morgan fingerprint density at radius 3 is 2.86 bits per heavy atom. The van der Waals surface area contributed by atoms with Gasteiger partial charge in [0.1, 0.15) is 28.6 Å². The SMILES string of the molecule is CC(C)n1cc(-c2cc(C3CC3)on2)c2c(Cl)ncnc21. The van der Waals surface area contributed by atoms with Crippen LogP contribution in [-0.2, 0) is 0 Å². The van der Waals surface area contributed by atoms with Crippen LogP contribution in [0, 0.1) is 0 Å². The molecule has 1 saturated carbocycles. The molecule has 0 amide bonds. The smallest absolute Gasteiger partial charge is 0.145 e. The van der Waals surface area contributed by atoms with E-state index in [2.05, 4.69) is 33.5 Å². The maximum atomic E-state index is 6.29. The van der Waals surface area contributed by atoms with Gasteiger partial charge in [0.2, 0.25) is 0 Å². The molecule has 0 bridgehead atoms. The highest BCUT2D eigenvalue weighted by atomic mass is 35.5. The lowest BCUT2D eigenvalue weighted by atomic mass is 10.1. The first-order chi connectivity index (χ1) is 10.1. The third-order valence-electron chi connectivity index (χ3n) is 3.90. The minimum Gasteiger partial charge on any atom is -0.360 e. The second-order valence-electron chi connectivity index (χ2n) is 5.80. The molecular formula is C15H15ClN4O. The van der Waals surface area contributed by atoms with Crippen LogP contribution in [0.5, 0.6) is 0 Å². The van der Waals surface area contributed by atoms with Crippen molar-refractivity contribution in [2.45, 2.75) is 38.6 Å². The average molecular weight is 303 g/mol. The number of halogens is 1. The Labute approximate surface area is 126 Å². The van der Waals surface area contributed by atoms with Crippen molar-refractivity contribution in [2.24, 2.45) is 0 Å². The molecule has 0 radical (unpaired) electrons. The number of fused-ring (bicyclic) bond motifs is 1. The van der Waals surface area contributed by atoms with E-state index in [1.165, 1.54) is 19.2 Å². The highest BCUT2D eigenvalue weighted by Crippen LogP contribution is 2.42. The van der Waals surface area contributed by atoms with Crippen molar-refractivity contribution < 1.29 is 4.52 Å². The van der Waals surface area contributed by atoms with Crippen molar-refractivity contribution in [2.75, 3.05) is 0 Å². The van der Waals surface area contributed by atoms with Gasteiger partial charge in [-0.05, 0) is 26.7 Å². The van der Waals surface area contributed by atoms with E-state index in [1.54, 1.807) is 0 Å². The Bertz CT molecular complexity index is 816. The Kier molecular flexibility index (Phi) is 2.79. The fourth-order valence-electron chi connectivity index (χ4n) is 2.61. The quantitative estimate of drug-likeness (QED) is 0.680. The summed E-state index contributed by atoms with van der Waals surface area (Å²) in [6.07, 6.45) is 5.90. The van der Waals surface area contributed by atoms with E-state index >= 15 is 0 Å². The Morgan fingerprint density at radius 2 is 2.14 bits per heavy atom. The van der Waals surface area contributed by atoms with Crippen molar-refractivity contribution in [1.29, 1.82) is 0 Å². The van der Waals surface area contributed by atoms with E-state index in [1.807, 2.05) is 12.3 Å². The first kappa shape index (κ1) is 12.8. The molecule has 0 aromatic carbocycles. The molecule has 6 heteroatoms. The van der Waals surface area contributed by atoms with Gasteiger partial charge in [0.05, 0.1) is 5.39 Å². The molecule has 0 saturated heterocycles. The zero-order valence-electron chi connectivity index (χ0n) is 11.9. The molecule has 3 aromatic rings. The fraction of sp³-hybridized carbons (Fsp3) is 0.400. The number of hydrogen-bond acceptors (Lipinski definition) is 4. The summed E-state index contributed by atoms with van der Waals surface area (Å²) < 4.78 is 7.55. The number of hydrogen-bond donors (Lipinski definition) is 0. The van der Waals surface area contributed by atoms with Crippen LogP contribution in [0.4, 0.5) is 0 Å². The number of rotatable bonds is 3. The van der Waals surface area contributed by atoms with Gasteiger partial charge in [0.15, 0.2) is 0 Å². The van der Waals surface area contributed by atoms with Gasteiger partial charge in [0.25, 0.3) is 0 Å². The molecule has 0 unspecified atom stereocenters. The van der Waals surface area contributed by atoms with Gasteiger partial charge in [0, 0.05) is 29.8 Å². The second kappa shape index (κ2) is 4.56. The van der Waals surface area contributed by atoms with E-state index in [4.69, 9.17) is 16.1 Å². The van der Waals surface area contributed by atoms with E-state index in [0.717, 1.165) is 28.1 Å². The second-order valence-corrected chi connectivity index (χ2v) is 6.15. The van der Waals surface area contributed by atoms with Gasteiger partial charge in [-0.25, -0.2) is 9.97 Å². The van der Waals surface area contributed by atoms with Gasteiger partial charge in [-0.3, -0.25) is 0 Å². The lowest BCUT2D eigenvalue weighted by Gasteiger charge is -2.07. The molecule has 0 spiro atoms. The zero-order chi connectivity index (χ0) is 14.6. The summed E-state index contributed by atoms with van der Waals surface area (Å²) in [6.45, 7) is 4.22. The molecule has 1 aliphatic carbocycles. The largest absolute Gasteiger partial charge is 0.360 e. The van der Waals surface area contributed by atoms with Crippen LogP contribution in [0.3, 0.4) is 0 Å². The van der Waals surface area contributed by atoms with Crippen LogP contribution in [0.1, 0.15) is 44.4 Å². The molecule has 0 N–H and O–H groups in total. The van der Waals surface area contributed by atoms with Gasteiger partial charge in [-0.1, -0.05) is 16.8 Å². The first-order valence-electron chi connectivity index (χ1n) is 7.13. The van der Waals surface area contributed by atoms with Crippen molar-refractivity contribution in [3.63, 3.8) is 0 Å². The van der Waals surface area contributed by atoms with Crippen molar-refractivity contribution >= 4 is 22.6 Å². The van der Waals surface area contributed by atoms with E-state index in [9.17, 15) is 0 Å². The zero-order valence-corrected chi connectivity index (χ0v) is 12.6. The molecule has 108 valence electrons. The first-order valence-corrected chi connectivity index (χ1v) is 7.51. The van der Waals surface area contributed by atoms with Crippen LogP contribution in [0.25, 0.3) is 22.3 Å². The van der Waals surface area contributed by atoms with Crippen molar-refractivity contribution in [3.8, 4) is 11.3 Å². The Hall–Kier alpha value is -1.88. The lowest BCUT2D eigenvalue weighted by Crippen LogP contribution is -1.99. The topological polar surface area (TPSA) is 56.7 Å². The number of nitrogens with zero attached hydrogens (tertiary/aromatic N) is 4. The number of aromatic nitrogens is 4. The molecular weight excluding hydrogens is 288 g/mol. The average Bonchev–Trinajstić information content (AvgIpc) is 3.05. The van der Waals surface area contributed by atoms with E-state index in [-0.39, 0.29) is 6.04 Å². The summed E-state index contributed by atoms with van der Waals surface area (Å²) in [5.74, 6) is 1.50. The van der Waals surface area contributed by atoms with Crippen LogP contribution in [0.2, 0.25) is 5.15 Å². The molecule has 1 aliphatic rings. The molecule has 0 atom stereocenters. The summed E-state index contributed by atoms with van der Waals surface area (Å²) in [7, 11) is 0. The summed E-state index contributed by atoms with van der Waals surface area (Å²) >= 11 is 6.29. The highest BCUT2D eigenvalue weighted by molar-refractivity contribution is 6.35. The fourth-order valence-corrected chi connectivity index (χ4v) is 2.84. The van der Waals surface area contributed by atoms with E-state index in [0.29, 0.717) is 11.1 Å². The molecule has 21 heavy (non-hydrogen) atoms. The summed E-state index contributed by atoms with van der Waals surface area (Å²) in [5, 5.41) is 5.50. The molecule has 0 aliphatic heterocycles. The molecule has 1 fully saturated rings. The third kappa shape index (κ3) is 2.03. The minimum atomic E-state index is 0.280.